The largest absolute Gasteiger partial charge is 0.484 e. The van der Waals surface area contributed by atoms with Gasteiger partial charge in [0.2, 0.25) is 10.0 Å². The number of rotatable bonds is 7. The molecule has 24 heavy (non-hydrogen) atoms. The summed E-state index contributed by atoms with van der Waals surface area (Å²) in [7, 11) is -0.474. The molecule has 0 fully saturated rings. The van der Waals surface area contributed by atoms with Crippen molar-refractivity contribution < 1.29 is 17.9 Å². The number of carbonyl (C=O) groups excluding carboxylic acids is 1. The van der Waals surface area contributed by atoms with Gasteiger partial charge >= 0.3 is 0 Å². The molecule has 128 valence electrons. The molecule has 0 saturated heterocycles. The fourth-order valence-electron chi connectivity index (χ4n) is 1.91. The molecule has 0 atom stereocenters. The Morgan fingerprint density at radius 2 is 1.67 bits per heavy atom. The van der Waals surface area contributed by atoms with Crippen molar-refractivity contribution in [3.63, 3.8) is 0 Å². The number of nitrogens with zero attached hydrogens (tertiary/aromatic N) is 1. The first-order valence-electron chi connectivity index (χ1n) is 7.35. The summed E-state index contributed by atoms with van der Waals surface area (Å²) in [6.45, 7) is 0.233. The van der Waals surface area contributed by atoms with Crippen LogP contribution < -0.4 is 10.1 Å². The van der Waals surface area contributed by atoms with Crippen LogP contribution in [-0.2, 0) is 21.4 Å². The molecule has 0 heterocycles. The average Bonchev–Trinajstić information content (AvgIpc) is 2.59. The van der Waals surface area contributed by atoms with Gasteiger partial charge in [-0.1, -0.05) is 30.3 Å². The third-order valence-corrected chi connectivity index (χ3v) is 5.13. The molecule has 1 amide bonds. The zero-order valence-corrected chi connectivity index (χ0v) is 14.4. The van der Waals surface area contributed by atoms with Crippen LogP contribution in [0.1, 0.15) is 5.56 Å². The first kappa shape index (κ1) is 18.0. The van der Waals surface area contributed by atoms with Crippen molar-refractivity contribution in [3.8, 4) is 5.75 Å². The first-order valence-corrected chi connectivity index (χ1v) is 8.79. The van der Waals surface area contributed by atoms with Gasteiger partial charge in [-0.3, -0.25) is 4.79 Å². The number of amides is 1. The van der Waals surface area contributed by atoms with Gasteiger partial charge < -0.3 is 10.1 Å². The monoisotopic (exact) mass is 348 g/mol. The molecule has 0 saturated carbocycles. The summed E-state index contributed by atoms with van der Waals surface area (Å²) in [5.41, 5.74) is 0.806. The fourth-order valence-corrected chi connectivity index (χ4v) is 2.81. The molecule has 2 aromatic carbocycles. The number of sulfonamides is 1. The summed E-state index contributed by atoms with van der Waals surface area (Å²) < 4.78 is 30.4. The summed E-state index contributed by atoms with van der Waals surface area (Å²) in [5, 5.41) is 2.73. The predicted octanol–water partition coefficient (Wildman–Crippen LogP) is 1.63. The molecule has 0 radical (unpaired) electrons. The van der Waals surface area contributed by atoms with Gasteiger partial charge in [0.1, 0.15) is 5.75 Å². The quantitative estimate of drug-likeness (QED) is 0.825. The van der Waals surface area contributed by atoms with Gasteiger partial charge in [0, 0.05) is 20.6 Å². The van der Waals surface area contributed by atoms with E-state index in [0.29, 0.717) is 12.3 Å². The summed E-state index contributed by atoms with van der Waals surface area (Å²) in [4.78, 5) is 12.0. The van der Waals surface area contributed by atoms with E-state index in [0.717, 1.165) is 9.87 Å². The molecule has 2 aromatic rings. The number of hydrogen-bond donors (Lipinski definition) is 1. The first-order chi connectivity index (χ1) is 11.4. The number of para-hydroxylation sites is 1. The lowest BCUT2D eigenvalue weighted by atomic mass is 10.2. The van der Waals surface area contributed by atoms with Gasteiger partial charge in [-0.25, -0.2) is 12.7 Å². The van der Waals surface area contributed by atoms with E-state index in [1.807, 2.05) is 18.2 Å². The van der Waals surface area contributed by atoms with Crippen molar-refractivity contribution in [2.24, 2.45) is 0 Å². The highest BCUT2D eigenvalue weighted by Crippen LogP contribution is 2.14. The van der Waals surface area contributed by atoms with Crippen LogP contribution in [0.4, 0.5) is 0 Å². The second kappa shape index (κ2) is 7.94. The molecule has 0 unspecified atom stereocenters. The Morgan fingerprint density at radius 3 is 2.25 bits per heavy atom. The van der Waals surface area contributed by atoms with Crippen LogP contribution in [-0.4, -0.2) is 39.3 Å². The maximum absolute atomic E-state index is 12.0. The number of nitrogens with one attached hydrogen (secondary N) is 1. The average molecular weight is 348 g/mol. The van der Waals surface area contributed by atoms with Crippen LogP contribution in [0.3, 0.4) is 0 Å². The van der Waals surface area contributed by atoms with E-state index in [2.05, 4.69) is 5.32 Å². The summed E-state index contributed by atoms with van der Waals surface area (Å²) in [6.07, 6.45) is 0. The molecule has 0 aromatic heterocycles. The van der Waals surface area contributed by atoms with Gasteiger partial charge in [-0.05, 0) is 29.8 Å². The minimum atomic E-state index is -3.44. The Hall–Kier alpha value is -2.38. The number of hydrogen-bond acceptors (Lipinski definition) is 4. The predicted molar refractivity (Wildman–Crippen MR) is 91.1 cm³/mol. The highest BCUT2D eigenvalue weighted by molar-refractivity contribution is 7.89. The molecule has 1 N–H and O–H groups in total. The van der Waals surface area contributed by atoms with E-state index in [1.54, 1.807) is 24.3 Å². The SMILES string of the molecule is CN(C)S(=O)(=O)c1ccc(CNC(=O)COc2ccccc2)cc1. The minimum Gasteiger partial charge on any atom is -0.484 e. The second-order valence-corrected chi connectivity index (χ2v) is 7.46. The molecule has 0 bridgehead atoms. The number of carbonyl (C=O) groups is 1. The molecule has 0 aliphatic rings. The Balaban J connectivity index is 1.85. The van der Waals surface area contributed by atoms with E-state index < -0.39 is 10.0 Å². The van der Waals surface area contributed by atoms with Crippen LogP contribution in [0.2, 0.25) is 0 Å². The van der Waals surface area contributed by atoms with Crippen LogP contribution in [0.25, 0.3) is 0 Å². The van der Waals surface area contributed by atoms with Crippen molar-refractivity contribution in [2.75, 3.05) is 20.7 Å². The van der Waals surface area contributed by atoms with Crippen molar-refractivity contribution in [1.29, 1.82) is 0 Å². The van der Waals surface area contributed by atoms with E-state index >= 15 is 0 Å². The van der Waals surface area contributed by atoms with Crippen LogP contribution in [0.15, 0.2) is 59.5 Å². The Labute approximate surface area is 142 Å². The van der Waals surface area contributed by atoms with Crippen LogP contribution >= 0.6 is 0 Å². The lowest BCUT2D eigenvalue weighted by Crippen LogP contribution is -2.28. The maximum atomic E-state index is 12.0. The molecular formula is C17H20N2O4S. The standard InChI is InChI=1S/C17H20N2O4S/c1-19(2)24(21,22)16-10-8-14(9-11-16)12-18-17(20)13-23-15-6-4-3-5-7-15/h3-11H,12-13H2,1-2H3,(H,18,20). The lowest BCUT2D eigenvalue weighted by molar-refractivity contribution is -0.123. The molecule has 6 nitrogen and oxygen atoms in total. The topological polar surface area (TPSA) is 75.7 Å². The third-order valence-electron chi connectivity index (χ3n) is 3.30. The van der Waals surface area contributed by atoms with Crippen molar-refractivity contribution >= 4 is 15.9 Å². The third kappa shape index (κ3) is 4.81. The maximum Gasteiger partial charge on any atom is 0.258 e. The van der Waals surface area contributed by atoms with E-state index in [9.17, 15) is 13.2 Å². The Morgan fingerprint density at radius 1 is 1.04 bits per heavy atom. The molecular weight excluding hydrogens is 328 g/mol. The second-order valence-electron chi connectivity index (χ2n) is 5.31. The van der Waals surface area contributed by atoms with Crippen molar-refractivity contribution in [2.45, 2.75) is 11.4 Å². The summed E-state index contributed by atoms with van der Waals surface area (Å²) in [5.74, 6) is 0.384. The van der Waals surface area contributed by atoms with E-state index in [-0.39, 0.29) is 17.4 Å². The van der Waals surface area contributed by atoms with Gasteiger partial charge in [0.25, 0.3) is 5.91 Å². The van der Waals surface area contributed by atoms with Crippen LogP contribution in [0.5, 0.6) is 5.75 Å². The molecule has 0 spiro atoms. The normalized spacial score (nSPS) is 11.3. The van der Waals surface area contributed by atoms with Gasteiger partial charge in [0.15, 0.2) is 6.61 Å². The van der Waals surface area contributed by atoms with Crippen molar-refractivity contribution in [3.05, 3.63) is 60.2 Å². The molecule has 7 heteroatoms. The zero-order valence-electron chi connectivity index (χ0n) is 13.6. The molecule has 0 aliphatic heterocycles. The minimum absolute atomic E-state index is 0.0723. The Kier molecular flexibility index (Phi) is 5.94. The fraction of sp³-hybridized carbons (Fsp3) is 0.235. The summed E-state index contributed by atoms with van der Waals surface area (Å²) in [6, 6.07) is 15.5. The Bertz CT molecular complexity index is 772. The molecule has 0 aliphatic carbocycles. The van der Waals surface area contributed by atoms with E-state index in [4.69, 9.17) is 4.74 Å². The highest BCUT2D eigenvalue weighted by atomic mass is 32.2. The van der Waals surface area contributed by atoms with Gasteiger partial charge in [0.05, 0.1) is 4.90 Å². The lowest BCUT2D eigenvalue weighted by Gasteiger charge is -2.12. The zero-order chi connectivity index (χ0) is 17.6. The number of benzene rings is 2. The van der Waals surface area contributed by atoms with E-state index in [1.165, 1.54) is 26.2 Å². The summed E-state index contributed by atoms with van der Waals surface area (Å²) >= 11 is 0. The van der Waals surface area contributed by atoms with Crippen molar-refractivity contribution in [1.82, 2.24) is 9.62 Å². The molecule has 2 rings (SSSR count). The smallest absolute Gasteiger partial charge is 0.258 e. The van der Waals surface area contributed by atoms with Crippen LogP contribution in [0, 0.1) is 0 Å². The highest BCUT2D eigenvalue weighted by Gasteiger charge is 2.16. The number of ether oxygens (including phenoxy) is 1. The van der Waals surface area contributed by atoms with Gasteiger partial charge in [-0.2, -0.15) is 0 Å². The van der Waals surface area contributed by atoms with Gasteiger partial charge in [-0.15, -0.1) is 0 Å².